The highest BCUT2D eigenvalue weighted by atomic mass is 127. The molecule has 0 aromatic heterocycles. The third kappa shape index (κ3) is 2.72. The zero-order valence-corrected chi connectivity index (χ0v) is 14.3. The maximum Gasteiger partial charge on any atom is 0.310 e. The number of esters is 1. The van der Waals surface area contributed by atoms with Crippen molar-refractivity contribution >= 4 is 46.2 Å². The minimum Gasteiger partial charge on any atom is -0.496 e. The Labute approximate surface area is 140 Å². The number of hydrogen-bond acceptors (Lipinski definition) is 6. The summed E-state index contributed by atoms with van der Waals surface area (Å²) in [5.74, 6) is -1.22. The van der Waals surface area contributed by atoms with Crippen LogP contribution in [0.3, 0.4) is 0 Å². The van der Waals surface area contributed by atoms with Gasteiger partial charge < -0.3 is 14.2 Å². The predicted octanol–water partition coefficient (Wildman–Crippen LogP) is 2.02. The van der Waals surface area contributed by atoms with E-state index in [2.05, 4.69) is 4.74 Å². The van der Waals surface area contributed by atoms with E-state index in [9.17, 15) is 14.4 Å². The fraction of sp³-hybridized carbons (Fsp3) is 0.267. The molecule has 0 atom stereocenters. The molecule has 116 valence electrons. The van der Waals surface area contributed by atoms with Gasteiger partial charge in [-0.25, -0.2) is 0 Å². The largest absolute Gasteiger partial charge is 0.496 e. The maximum atomic E-state index is 12.4. The van der Waals surface area contributed by atoms with Crippen LogP contribution in [0.1, 0.15) is 22.3 Å². The van der Waals surface area contributed by atoms with Gasteiger partial charge >= 0.3 is 5.97 Å². The number of rotatable bonds is 4. The van der Waals surface area contributed by atoms with Crippen molar-refractivity contribution in [2.45, 2.75) is 6.42 Å². The van der Waals surface area contributed by atoms with Gasteiger partial charge in [0.2, 0.25) is 11.6 Å². The molecule has 1 aromatic rings. The van der Waals surface area contributed by atoms with Gasteiger partial charge in [0.05, 0.1) is 36.9 Å². The van der Waals surface area contributed by atoms with Gasteiger partial charge in [-0.1, -0.05) is 0 Å². The maximum absolute atomic E-state index is 12.4. The van der Waals surface area contributed by atoms with E-state index in [1.165, 1.54) is 27.4 Å². The standard InChI is InChI=1S/C15H13IO6/c1-20-9-6-10(21-2)13(16)8-4-7(5-11(17)22-3)14(18)15(19)12(8)9/h4,6H,5H2,1-3H3. The summed E-state index contributed by atoms with van der Waals surface area (Å²) < 4.78 is 15.7. The average Bonchev–Trinajstić information content (AvgIpc) is 2.52. The van der Waals surface area contributed by atoms with Gasteiger partial charge in [0, 0.05) is 17.2 Å². The van der Waals surface area contributed by atoms with Crippen molar-refractivity contribution in [1.29, 1.82) is 0 Å². The Morgan fingerprint density at radius 1 is 1.09 bits per heavy atom. The second kappa shape index (κ2) is 6.47. The highest BCUT2D eigenvalue weighted by molar-refractivity contribution is 14.1. The third-order valence-electron chi connectivity index (χ3n) is 3.28. The number of methoxy groups -OCH3 is 3. The number of halogens is 1. The lowest BCUT2D eigenvalue weighted by Gasteiger charge is -2.19. The Morgan fingerprint density at radius 2 is 1.73 bits per heavy atom. The monoisotopic (exact) mass is 416 g/mol. The summed E-state index contributed by atoms with van der Waals surface area (Å²) in [6, 6.07) is 1.56. The molecule has 0 radical (unpaired) electrons. The van der Waals surface area contributed by atoms with Crippen molar-refractivity contribution in [3.05, 3.63) is 26.3 Å². The molecule has 0 spiro atoms. The Balaban J connectivity index is 2.68. The summed E-state index contributed by atoms with van der Waals surface area (Å²) in [5.41, 5.74) is 0.796. The highest BCUT2D eigenvalue weighted by Gasteiger charge is 2.33. The van der Waals surface area contributed by atoms with E-state index >= 15 is 0 Å². The second-order valence-corrected chi connectivity index (χ2v) is 5.54. The molecule has 2 rings (SSSR count). The van der Waals surface area contributed by atoms with Crippen LogP contribution in [0.25, 0.3) is 6.08 Å². The smallest absolute Gasteiger partial charge is 0.310 e. The molecule has 0 N–H and O–H groups in total. The lowest BCUT2D eigenvalue weighted by Crippen LogP contribution is -2.24. The quantitative estimate of drug-likeness (QED) is 0.425. The predicted molar refractivity (Wildman–Crippen MR) is 86.2 cm³/mol. The highest BCUT2D eigenvalue weighted by Crippen LogP contribution is 2.39. The molecule has 0 fully saturated rings. The third-order valence-corrected chi connectivity index (χ3v) is 4.39. The zero-order chi connectivity index (χ0) is 16.4. The van der Waals surface area contributed by atoms with Crippen LogP contribution in [0.2, 0.25) is 0 Å². The molecule has 0 heterocycles. The number of ether oxygens (including phenoxy) is 3. The van der Waals surface area contributed by atoms with E-state index < -0.39 is 17.5 Å². The van der Waals surface area contributed by atoms with Gasteiger partial charge in [0.15, 0.2) is 0 Å². The van der Waals surface area contributed by atoms with Gasteiger partial charge in [-0.15, -0.1) is 0 Å². The first-order valence-electron chi connectivity index (χ1n) is 6.25. The molecule has 0 bridgehead atoms. The topological polar surface area (TPSA) is 78.9 Å². The van der Waals surface area contributed by atoms with Crippen LogP contribution in [0.5, 0.6) is 11.5 Å². The summed E-state index contributed by atoms with van der Waals surface area (Å²) in [7, 11) is 4.13. The lowest BCUT2D eigenvalue weighted by molar-refractivity contribution is -0.140. The SMILES string of the molecule is COC(=O)CC1=Cc2c(I)c(OC)cc(OC)c2C(=O)C1=O. The van der Waals surface area contributed by atoms with E-state index in [-0.39, 0.29) is 23.3 Å². The molecule has 0 unspecified atom stereocenters. The average molecular weight is 416 g/mol. The Bertz CT molecular complexity index is 704. The summed E-state index contributed by atoms with van der Waals surface area (Å²) in [6.07, 6.45) is 1.26. The zero-order valence-electron chi connectivity index (χ0n) is 12.2. The number of benzene rings is 1. The minimum absolute atomic E-state index is 0.0950. The van der Waals surface area contributed by atoms with Gasteiger partial charge in [-0.3, -0.25) is 14.4 Å². The van der Waals surface area contributed by atoms with Crippen molar-refractivity contribution in [1.82, 2.24) is 0 Å². The lowest BCUT2D eigenvalue weighted by atomic mass is 9.88. The van der Waals surface area contributed by atoms with Crippen LogP contribution in [0, 0.1) is 3.57 Å². The minimum atomic E-state index is -0.725. The van der Waals surface area contributed by atoms with Crippen LogP contribution < -0.4 is 9.47 Å². The van der Waals surface area contributed by atoms with Crippen molar-refractivity contribution in [3.8, 4) is 11.5 Å². The van der Waals surface area contributed by atoms with Crippen molar-refractivity contribution < 1.29 is 28.6 Å². The number of Topliss-reactive ketones (excluding diaryl/α,β-unsaturated/α-hetero) is 2. The van der Waals surface area contributed by atoms with Gasteiger partial charge in [0.25, 0.3) is 0 Å². The Hall–Kier alpha value is -1.90. The van der Waals surface area contributed by atoms with E-state index in [1.807, 2.05) is 22.6 Å². The van der Waals surface area contributed by atoms with E-state index in [0.717, 1.165) is 0 Å². The van der Waals surface area contributed by atoms with Crippen LogP contribution in [-0.2, 0) is 14.3 Å². The second-order valence-electron chi connectivity index (χ2n) is 4.46. The van der Waals surface area contributed by atoms with E-state index in [0.29, 0.717) is 14.9 Å². The molecule has 0 aliphatic heterocycles. The first-order valence-corrected chi connectivity index (χ1v) is 7.33. The van der Waals surface area contributed by atoms with Crippen molar-refractivity contribution in [2.75, 3.05) is 21.3 Å². The first kappa shape index (κ1) is 16.5. The summed E-state index contributed by atoms with van der Waals surface area (Å²) in [5, 5.41) is 0. The van der Waals surface area contributed by atoms with Crippen LogP contribution in [-0.4, -0.2) is 38.9 Å². The van der Waals surface area contributed by atoms with Crippen LogP contribution in [0.15, 0.2) is 11.6 Å². The normalized spacial score (nSPS) is 13.4. The molecule has 1 aliphatic rings. The fourth-order valence-corrected chi connectivity index (χ4v) is 2.97. The van der Waals surface area contributed by atoms with Crippen LogP contribution in [0.4, 0.5) is 0 Å². The summed E-state index contributed by atoms with van der Waals surface area (Å²) >= 11 is 2.02. The first-order chi connectivity index (χ1) is 10.4. The molecule has 22 heavy (non-hydrogen) atoms. The number of carbonyl (C=O) groups excluding carboxylic acids is 3. The molecule has 0 saturated carbocycles. The van der Waals surface area contributed by atoms with Gasteiger partial charge in [-0.05, 0) is 28.7 Å². The molecule has 1 aliphatic carbocycles. The van der Waals surface area contributed by atoms with Crippen molar-refractivity contribution in [3.63, 3.8) is 0 Å². The Kier molecular flexibility index (Phi) is 4.84. The molecule has 0 amide bonds. The Morgan fingerprint density at radius 3 is 2.27 bits per heavy atom. The number of hydrogen-bond donors (Lipinski definition) is 0. The molecule has 6 nitrogen and oxygen atoms in total. The molecular formula is C15H13IO6. The molecular weight excluding hydrogens is 403 g/mol. The van der Waals surface area contributed by atoms with Gasteiger partial charge in [0.1, 0.15) is 11.5 Å². The fourth-order valence-electron chi connectivity index (χ4n) is 2.17. The number of ketones is 2. The van der Waals surface area contributed by atoms with Crippen molar-refractivity contribution in [2.24, 2.45) is 0 Å². The van der Waals surface area contributed by atoms with E-state index in [1.54, 1.807) is 6.07 Å². The summed E-state index contributed by atoms with van der Waals surface area (Å²) in [4.78, 5) is 35.9. The number of fused-ring (bicyclic) bond motifs is 1. The van der Waals surface area contributed by atoms with Crippen LogP contribution >= 0.6 is 22.6 Å². The number of carbonyl (C=O) groups is 3. The molecule has 0 saturated heterocycles. The van der Waals surface area contributed by atoms with E-state index in [4.69, 9.17) is 9.47 Å². The summed E-state index contributed by atoms with van der Waals surface area (Å²) in [6.45, 7) is 0. The molecule has 1 aromatic carbocycles. The molecule has 7 heteroatoms. The van der Waals surface area contributed by atoms with Gasteiger partial charge in [-0.2, -0.15) is 0 Å².